The number of furan rings is 1. The first kappa shape index (κ1) is 11.3. The van der Waals surface area contributed by atoms with Gasteiger partial charge in [0, 0.05) is 10.9 Å². The molecule has 3 rings (SSSR count). The maximum atomic E-state index is 12.1. The van der Waals surface area contributed by atoms with Gasteiger partial charge in [0.25, 0.3) is 5.91 Å². The highest BCUT2D eigenvalue weighted by Crippen LogP contribution is 2.21. The Morgan fingerprint density at radius 3 is 3.00 bits per heavy atom. The molecule has 0 spiro atoms. The number of rotatable bonds is 1. The van der Waals surface area contributed by atoms with Crippen LogP contribution in [0.1, 0.15) is 16.1 Å². The number of nitrogens with zero attached hydrogens (tertiary/aromatic N) is 1. The number of aryl methyl sites for hydroxylation is 1. The normalized spacial score (nSPS) is 19.7. The predicted molar refractivity (Wildman–Crippen MR) is 63.9 cm³/mol. The second-order valence-electron chi connectivity index (χ2n) is 4.43. The van der Waals surface area contributed by atoms with Gasteiger partial charge in [-0.15, -0.1) is 0 Å². The summed E-state index contributed by atoms with van der Waals surface area (Å²) in [6.07, 6.45) is -0.603. The third-order valence-electron chi connectivity index (χ3n) is 2.91. The van der Waals surface area contributed by atoms with Crippen LogP contribution in [0.4, 0.5) is 0 Å². The van der Waals surface area contributed by atoms with E-state index in [1.165, 1.54) is 5.06 Å². The summed E-state index contributed by atoms with van der Waals surface area (Å²) in [6.45, 7) is 2.24. The van der Waals surface area contributed by atoms with Gasteiger partial charge in [0.15, 0.2) is 0 Å². The van der Waals surface area contributed by atoms with Crippen molar-refractivity contribution in [3.8, 4) is 0 Å². The van der Waals surface area contributed by atoms with E-state index in [-0.39, 0.29) is 19.1 Å². The molecule has 1 amide bonds. The van der Waals surface area contributed by atoms with Crippen LogP contribution in [0.3, 0.4) is 0 Å². The molecule has 1 fully saturated rings. The first-order valence-corrected chi connectivity index (χ1v) is 5.76. The zero-order valence-electron chi connectivity index (χ0n) is 9.92. The summed E-state index contributed by atoms with van der Waals surface area (Å²) in [5, 5.41) is 11.4. The Morgan fingerprint density at radius 2 is 2.28 bits per heavy atom. The summed E-state index contributed by atoms with van der Waals surface area (Å²) >= 11 is 0. The summed E-state index contributed by atoms with van der Waals surface area (Å²) in [6, 6.07) is 7.11. The molecular formula is C13H13NO4. The zero-order chi connectivity index (χ0) is 12.7. The van der Waals surface area contributed by atoms with Gasteiger partial charge in [-0.25, -0.2) is 5.06 Å². The van der Waals surface area contributed by atoms with Crippen LogP contribution >= 0.6 is 0 Å². The number of benzene rings is 1. The minimum Gasteiger partial charge on any atom is -0.461 e. The Bertz CT molecular complexity index is 604. The molecule has 0 aliphatic carbocycles. The van der Waals surface area contributed by atoms with Gasteiger partial charge in [-0.05, 0) is 31.2 Å². The number of fused-ring (bicyclic) bond motifs is 1. The van der Waals surface area contributed by atoms with Gasteiger partial charge >= 0.3 is 0 Å². The third kappa shape index (κ3) is 1.87. The Hall–Kier alpha value is -1.85. The fraction of sp³-hybridized carbons (Fsp3) is 0.308. The number of β-amino-alcohol motifs (C(OH)–C–C–N with tert-alkyl or cyclic N) is 1. The van der Waals surface area contributed by atoms with E-state index in [2.05, 4.69) is 0 Å². The lowest BCUT2D eigenvalue weighted by molar-refractivity contribution is -0.0779. The largest absolute Gasteiger partial charge is 0.461 e. The monoisotopic (exact) mass is 247 g/mol. The van der Waals surface area contributed by atoms with E-state index in [0.717, 1.165) is 16.7 Å². The maximum absolute atomic E-state index is 12.1. The fourth-order valence-corrected chi connectivity index (χ4v) is 2.07. The molecule has 1 aliphatic rings. The van der Waals surface area contributed by atoms with Crippen molar-refractivity contribution < 1.29 is 19.2 Å². The van der Waals surface area contributed by atoms with Crippen molar-refractivity contribution >= 4 is 16.9 Å². The first-order valence-electron chi connectivity index (χ1n) is 5.76. The summed E-state index contributed by atoms with van der Waals surface area (Å²) in [7, 11) is 0. The summed E-state index contributed by atoms with van der Waals surface area (Å²) in [5.41, 5.74) is 1.28. The molecule has 94 valence electrons. The fourth-order valence-electron chi connectivity index (χ4n) is 2.07. The lowest BCUT2D eigenvalue weighted by Gasteiger charge is -2.13. The third-order valence-corrected chi connectivity index (χ3v) is 2.91. The molecule has 0 radical (unpaired) electrons. The molecule has 1 N–H and O–H groups in total. The van der Waals surface area contributed by atoms with Crippen LogP contribution in [0.5, 0.6) is 0 Å². The van der Waals surface area contributed by atoms with E-state index in [4.69, 9.17) is 9.25 Å². The SMILES string of the molecule is Cc1cc2cc(C(=O)N3C[C@H](O)CO3)ccc2o1. The molecule has 18 heavy (non-hydrogen) atoms. The molecule has 1 atom stereocenters. The highest BCUT2D eigenvalue weighted by Gasteiger charge is 2.27. The molecular weight excluding hydrogens is 234 g/mol. The summed E-state index contributed by atoms with van der Waals surface area (Å²) in [5.74, 6) is 0.565. The molecule has 2 aromatic rings. The van der Waals surface area contributed by atoms with Gasteiger partial charge in [0.2, 0.25) is 0 Å². The van der Waals surface area contributed by atoms with Crippen LogP contribution in [0, 0.1) is 6.92 Å². The second-order valence-corrected chi connectivity index (χ2v) is 4.43. The van der Waals surface area contributed by atoms with Gasteiger partial charge in [-0.2, -0.15) is 0 Å². The smallest absolute Gasteiger partial charge is 0.277 e. The van der Waals surface area contributed by atoms with Crippen molar-refractivity contribution in [2.24, 2.45) is 0 Å². The quantitative estimate of drug-likeness (QED) is 0.829. The van der Waals surface area contributed by atoms with Gasteiger partial charge in [0.05, 0.1) is 6.54 Å². The Labute approximate surface area is 104 Å². The van der Waals surface area contributed by atoms with Crippen molar-refractivity contribution in [2.45, 2.75) is 13.0 Å². The van der Waals surface area contributed by atoms with Gasteiger partial charge in [-0.3, -0.25) is 9.63 Å². The predicted octanol–water partition coefficient (Wildman–Crippen LogP) is 1.49. The van der Waals surface area contributed by atoms with Crippen LogP contribution in [0.2, 0.25) is 0 Å². The Balaban J connectivity index is 1.91. The average molecular weight is 247 g/mol. The topological polar surface area (TPSA) is 62.9 Å². The highest BCUT2D eigenvalue weighted by molar-refractivity contribution is 5.97. The standard InChI is InChI=1S/C13H13NO4/c1-8-4-10-5-9(2-3-12(10)18-8)13(16)14-6-11(15)7-17-14/h2-5,11,15H,6-7H2,1H3/t11-/m0/s1. The zero-order valence-corrected chi connectivity index (χ0v) is 9.92. The van der Waals surface area contributed by atoms with Crippen molar-refractivity contribution in [1.82, 2.24) is 5.06 Å². The first-order chi connectivity index (χ1) is 8.63. The van der Waals surface area contributed by atoms with Crippen molar-refractivity contribution in [3.05, 3.63) is 35.6 Å². The van der Waals surface area contributed by atoms with E-state index in [1.54, 1.807) is 18.2 Å². The van der Waals surface area contributed by atoms with Crippen LogP contribution in [0.15, 0.2) is 28.7 Å². The molecule has 0 unspecified atom stereocenters. The highest BCUT2D eigenvalue weighted by atomic mass is 16.7. The average Bonchev–Trinajstić information content (AvgIpc) is 2.92. The number of amides is 1. The lowest BCUT2D eigenvalue weighted by atomic mass is 10.1. The summed E-state index contributed by atoms with van der Waals surface area (Å²) in [4.78, 5) is 17.2. The molecule has 1 aromatic heterocycles. The Kier molecular flexibility index (Phi) is 2.57. The van der Waals surface area contributed by atoms with Crippen LogP contribution in [-0.2, 0) is 4.84 Å². The minimum atomic E-state index is -0.603. The Morgan fingerprint density at radius 1 is 1.44 bits per heavy atom. The number of aliphatic hydroxyl groups excluding tert-OH is 1. The van der Waals surface area contributed by atoms with E-state index >= 15 is 0 Å². The van der Waals surface area contributed by atoms with Gasteiger partial charge in [-0.1, -0.05) is 0 Å². The van der Waals surface area contributed by atoms with E-state index in [1.807, 2.05) is 13.0 Å². The van der Waals surface area contributed by atoms with Gasteiger partial charge < -0.3 is 9.52 Å². The lowest BCUT2D eigenvalue weighted by Crippen LogP contribution is -2.28. The molecule has 1 aliphatic heterocycles. The molecule has 0 saturated carbocycles. The van der Waals surface area contributed by atoms with Crippen molar-refractivity contribution in [2.75, 3.05) is 13.2 Å². The van der Waals surface area contributed by atoms with E-state index < -0.39 is 6.10 Å². The summed E-state index contributed by atoms with van der Waals surface area (Å²) < 4.78 is 5.45. The number of hydrogen-bond donors (Lipinski definition) is 1. The second kappa shape index (κ2) is 4.12. The number of aliphatic hydroxyl groups is 1. The van der Waals surface area contributed by atoms with Crippen LogP contribution in [0.25, 0.3) is 11.0 Å². The van der Waals surface area contributed by atoms with Crippen LogP contribution in [-0.4, -0.2) is 35.3 Å². The molecule has 0 bridgehead atoms. The minimum absolute atomic E-state index is 0.165. The van der Waals surface area contributed by atoms with Crippen molar-refractivity contribution in [3.63, 3.8) is 0 Å². The molecule has 1 aromatic carbocycles. The number of hydrogen-bond acceptors (Lipinski definition) is 4. The van der Waals surface area contributed by atoms with Gasteiger partial charge in [0.1, 0.15) is 24.1 Å². The number of hydroxylamine groups is 2. The van der Waals surface area contributed by atoms with Crippen LogP contribution < -0.4 is 0 Å². The molecule has 2 heterocycles. The molecule has 5 heteroatoms. The molecule has 1 saturated heterocycles. The number of carbonyl (C=O) groups is 1. The van der Waals surface area contributed by atoms with E-state index in [0.29, 0.717) is 5.56 Å². The van der Waals surface area contributed by atoms with Crippen molar-refractivity contribution in [1.29, 1.82) is 0 Å². The number of carbonyl (C=O) groups excluding carboxylic acids is 1. The maximum Gasteiger partial charge on any atom is 0.277 e. The van der Waals surface area contributed by atoms with E-state index in [9.17, 15) is 9.90 Å². The molecule has 5 nitrogen and oxygen atoms in total.